The van der Waals surface area contributed by atoms with Gasteiger partial charge in [-0.1, -0.05) is 54.1 Å². The molecule has 1 atom stereocenters. The SMILES string of the molecule is O=c1cc(-c2ccccc2Cl)nc(-c2ccc(CN3CCCC(O)C3)cc2)[nH]1. The number of nitrogens with one attached hydrogen (secondary N) is 1. The van der Waals surface area contributed by atoms with Gasteiger partial charge in [-0.3, -0.25) is 9.69 Å². The summed E-state index contributed by atoms with van der Waals surface area (Å²) in [6, 6.07) is 16.8. The highest BCUT2D eigenvalue weighted by Gasteiger charge is 2.17. The number of β-amino-alcohol motifs (C(OH)–C–C–N with tert-alkyl or cyclic N) is 1. The molecular weight excluding hydrogens is 374 g/mol. The van der Waals surface area contributed by atoms with Crippen LogP contribution >= 0.6 is 11.6 Å². The number of hydrogen-bond donors (Lipinski definition) is 2. The number of benzene rings is 2. The van der Waals surface area contributed by atoms with Crippen molar-refractivity contribution in [3.8, 4) is 22.6 Å². The summed E-state index contributed by atoms with van der Waals surface area (Å²) in [5.41, 5.74) is 3.08. The summed E-state index contributed by atoms with van der Waals surface area (Å²) in [5, 5.41) is 10.4. The van der Waals surface area contributed by atoms with E-state index in [1.807, 2.05) is 42.5 Å². The predicted octanol–water partition coefficient (Wildman–Crippen LogP) is 3.71. The summed E-state index contributed by atoms with van der Waals surface area (Å²) >= 11 is 6.26. The molecule has 0 amide bonds. The first-order valence-corrected chi connectivity index (χ1v) is 9.82. The number of rotatable bonds is 4. The Morgan fingerprint density at radius 2 is 1.96 bits per heavy atom. The molecule has 0 aliphatic carbocycles. The minimum absolute atomic E-state index is 0.216. The third kappa shape index (κ3) is 4.33. The van der Waals surface area contributed by atoms with Crippen LogP contribution in [0.2, 0.25) is 5.02 Å². The monoisotopic (exact) mass is 395 g/mol. The van der Waals surface area contributed by atoms with Crippen LogP contribution in [-0.4, -0.2) is 39.2 Å². The first kappa shape index (κ1) is 18.9. The number of aromatic nitrogens is 2. The maximum absolute atomic E-state index is 12.2. The molecule has 0 saturated carbocycles. The van der Waals surface area contributed by atoms with E-state index >= 15 is 0 Å². The smallest absolute Gasteiger partial charge is 0.251 e. The van der Waals surface area contributed by atoms with Crippen LogP contribution in [0.3, 0.4) is 0 Å². The van der Waals surface area contributed by atoms with Crippen molar-refractivity contribution >= 4 is 11.6 Å². The molecule has 4 rings (SSSR count). The Hall–Kier alpha value is -2.47. The van der Waals surface area contributed by atoms with Gasteiger partial charge in [0.2, 0.25) is 0 Å². The van der Waals surface area contributed by atoms with Gasteiger partial charge in [-0.15, -0.1) is 0 Å². The number of aliphatic hydroxyl groups excluding tert-OH is 1. The number of H-pyrrole nitrogens is 1. The van der Waals surface area contributed by atoms with Gasteiger partial charge >= 0.3 is 0 Å². The van der Waals surface area contributed by atoms with Crippen LogP contribution in [-0.2, 0) is 6.54 Å². The van der Waals surface area contributed by atoms with Gasteiger partial charge in [-0.05, 0) is 31.0 Å². The van der Waals surface area contributed by atoms with E-state index in [-0.39, 0.29) is 11.7 Å². The Kier molecular flexibility index (Phi) is 5.57. The van der Waals surface area contributed by atoms with Gasteiger partial charge < -0.3 is 10.1 Å². The molecule has 1 aromatic heterocycles. The normalized spacial score (nSPS) is 17.6. The molecule has 1 unspecified atom stereocenters. The molecule has 2 heterocycles. The Morgan fingerprint density at radius 3 is 2.71 bits per heavy atom. The molecule has 1 saturated heterocycles. The Labute approximate surface area is 168 Å². The molecular formula is C22H22ClN3O2. The van der Waals surface area contributed by atoms with Gasteiger partial charge in [0.05, 0.1) is 11.8 Å². The summed E-state index contributed by atoms with van der Waals surface area (Å²) < 4.78 is 0. The summed E-state index contributed by atoms with van der Waals surface area (Å²) in [7, 11) is 0. The minimum atomic E-state index is -0.227. The van der Waals surface area contributed by atoms with Crippen molar-refractivity contribution in [3.63, 3.8) is 0 Å². The highest BCUT2D eigenvalue weighted by atomic mass is 35.5. The molecule has 1 aliphatic rings. The summed E-state index contributed by atoms with van der Waals surface area (Å²) in [6.07, 6.45) is 1.69. The quantitative estimate of drug-likeness (QED) is 0.706. The number of aliphatic hydroxyl groups is 1. The van der Waals surface area contributed by atoms with E-state index in [2.05, 4.69) is 14.9 Å². The van der Waals surface area contributed by atoms with Gasteiger partial charge in [-0.25, -0.2) is 4.98 Å². The van der Waals surface area contributed by atoms with Gasteiger partial charge in [-0.2, -0.15) is 0 Å². The third-order valence-electron chi connectivity index (χ3n) is 5.01. The van der Waals surface area contributed by atoms with Crippen molar-refractivity contribution in [2.75, 3.05) is 13.1 Å². The van der Waals surface area contributed by atoms with E-state index in [0.29, 0.717) is 16.5 Å². The highest BCUT2D eigenvalue weighted by Crippen LogP contribution is 2.26. The second kappa shape index (κ2) is 8.27. The molecule has 0 radical (unpaired) electrons. The molecule has 5 nitrogen and oxygen atoms in total. The third-order valence-corrected chi connectivity index (χ3v) is 5.34. The first-order valence-electron chi connectivity index (χ1n) is 9.44. The lowest BCUT2D eigenvalue weighted by Gasteiger charge is -2.29. The second-order valence-corrected chi connectivity index (χ2v) is 7.59. The Morgan fingerprint density at radius 1 is 1.18 bits per heavy atom. The Bertz CT molecular complexity index is 1020. The van der Waals surface area contributed by atoms with E-state index in [0.717, 1.165) is 43.6 Å². The van der Waals surface area contributed by atoms with Gasteiger partial charge in [0, 0.05) is 35.3 Å². The summed E-state index contributed by atoms with van der Waals surface area (Å²) in [5.74, 6) is 0.516. The Balaban J connectivity index is 1.57. The highest BCUT2D eigenvalue weighted by molar-refractivity contribution is 6.33. The molecule has 0 bridgehead atoms. The number of likely N-dealkylation sites (tertiary alicyclic amines) is 1. The van der Waals surface area contributed by atoms with Crippen molar-refractivity contribution in [3.05, 3.63) is 75.5 Å². The van der Waals surface area contributed by atoms with Gasteiger partial charge in [0.1, 0.15) is 5.82 Å². The van der Waals surface area contributed by atoms with Gasteiger partial charge in [0.15, 0.2) is 0 Å². The number of piperidine rings is 1. The molecule has 2 N–H and O–H groups in total. The molecule has 1 aliphatic heterocycles. The molecule has 3 aromatic rings. The van der Waals surface area contributed by atoms with Crippen LogP contribution < -0.4 is 5.56 Å². The maximum atomic E-state index is 12.2. The molecule has 1 fully saturated rings. The van der Waals surface area contributed by atoms with E-state index in [1.165, 1.54) is 11.6 Å². The molecule has 6 heteroatoms. The van der Waals surface area contributed by atoms with Crippen LogP contribution in [0.1, 0.15) is 18.4 Å². The molecule has 0 spiro atoms. The fourth-order valence-electron chi connectivity index (χ4n) is 3.60. The van der Waals surface area contributed by atoms with Crippen molar-refractivity contribution in [1.82, 2.24) is 14.9 Å². The largest absolute Gasteiger partial charge is 0.392 e. The van der Waals surface area contributed by atoms with E-state index < -0.39 is 0 Å². The van der Waals surface area contributed by atoms with Crippen LogP contribution in [0.25, 0.3) is 22.6 Å². The van der Waals surface area contributed by atoms with E-state index in [4.69, 9.17) is 11.6 Å². The average Bonchev–Trinajstić information content (AvgIpc) is 2.68. The van der Waals surface area contributed by atoms with Crippen LogP contribution in [0, 0.1) is 0 Å². The first-order chi connectivity index (χ1) is 13.6. The average molecular weight is 396 g/mol. The zero-order valence-electron chi connectivity index (χ0n) is 15.4. The zero-order chi connectivity index (χ0) is 19.5. The topological polar surface area (TPSA) is 69.2 Å². The number of nitrogens with zero attached hydrogens (tertiary/aromatic N) is 2. The number of hydrogen-bond acceptors (Lipinski definition) is 4. The molecule has 28 heavy (non-hydrogen) atoms. The minimum Gasteiger partial charge on any atom is -0.392 e. The van der Waals surface area contributed by atoms with Crippen LogP contribution in [0.4, 0.5) is 0 Å². The fourth-order valence-corrected chi connectivity index (χ4v) is 3.83. The number of aromatic amines is 1. The fraction of sp³-hybridized carbons (Fsp3) is 0.273. The van der Waals surface area contributed by atoms with Crippen molar-refractivity contribution < 1.29 is 5.11 Å². The number of halogens is 1. The van der Waals surface area contributed by atoms with Crippen molar-refractivity contribution in [2.24, 2.45) is 0 Å². The lowest BCUT2D eigenvalue weighted by atomic mass is 10.1. The van der Waals surface area contributed by atoms with Crippen molar-refractivity contribution in [1.29, 1.82) is 0 Å². The zero-order valence-corrected chi connectivity index (χ0v) is 16.2. The second-order valence-electron chi connectivity index (χ2n) is 7.19. The van der Waals surface area contributed by atoms with E-state index in [9.17, 15) is 9.90 Å². The van der Waals surface area contributed by atoms with Gasteiger partial charge in [0.25, 0.3) is 5.56 Å². The van der Waals surface area contributed by atoms with Crippen LogP contribution in [0.15, 0.2) is 59.4 Å². The summed E-state index contributed by atoms with van der Waals surface area (Å²) in [6.45, 7) is 2.53. The summed E-state index contributed by atoms with van der Waals surface area (Å²) in [4.78, 5) is 21.8. The van der Waals surface area contributed by atoms with Crippen molar-refractivity contribution in [2.45, 2.75) is 25.5 Å². The molecule has 144 valence electrons. The van der Waals surface area contributed by atoms with Crippen LogP contribution in [0.5, 0.6) is 0 Å². The lowest BCUT2D eigenvalue weighted by Crippen LogP contribution is -2.37. The predicted molar refractivity (Wildman–Crippen MR) is 111 cm³/mol. The molecule has 2 aromatic carbocycles. The lowest BCUT2D eigenvalue weighted by molar-refractivity contribution is 0.0668. The standard InChI is InChI=1S/C22H22ClN3O2/c23-19-6-2-1-5-18(19)20-12-21(28)25-22(24-20)16-9-7-15(8-10-16)13-26-11-3-4-17(27)14-26/h1-2,5-10,12,17,27H,3-4,11,13-14H2,(H,24,25,28). The van der Waals surface area contributed by atoms with E-state index in [1.54, 1.807) is 6.07 Å². The maximum Gasteiger partial charge on any atom is 0.251 e.